The fourth-order valence-electron chi connectivity index (χ4n) is 4.78. The zero-order valence-corrected chi connectivity index (χ0v) is 18.8. The minimum Gasteiger partial charge on any atom is -0.375 e. The predicted molar refractivity (Wildman–Crippen MR) is 123 cm³/mol. The molecule has 172 valence electrons. The Hall–Kier alpha value is -3.33. The van der Waals surface area contributed by atoms with Gasteiger partial charge in [0.1, 0.15) is 5.69 Å². The first kappa shape index (κ1) is 21.5. The van der Waals surface area contributed by atoms with E-state index >= 15 is 0 Å². The number of fused-ring (bicyclic) bond motifs is 1. The summed E-state index contributed by atoms with van der Waals surface area (Å²) in [5, 5.41) is 13.7. The fourth-order valence-corrected chi connectivity index (χ4v) is 4.78. The molecule has 2 aliphatic rings. The highest BCUT2D eigenvalue weighted by Crippen LogP contribution is 2.26. The van der Waals surface area contributed by atoms with Crippen LogP contribution in [0.1, 0.15) is 40.5 Å². The minimum atomic E-state index is -0.0105. The maximum atomic E-state index is 13.0. The first-order valence-electron chi connectivity index (χ1n) is 11.5. The topological polar surface area (TPSA) is 109 Å². The predicted octanol–water partition coefficient (Wildman–Crippen LogP) is 2.49. The molecule has 0 saturated carbocycles. The van der Waals surface area contributed by atoms with Crippen LogP contribution in [-0.2, 0) is 24.2 Å². The summed E-state index contributed by atoms with van der Waals surface area (Å²) in [6, 6.07) is 8.79. The van der Waals surface area contributed by atoms with Crippen molar-refractivity contribution in [3.63, 3.8) is 0 Å². The van der Waals surface area contributed by atoms with Gasteiger partial charge >= 0.3 is 0 Å². The Bertz CT molecular complexity index is 1050. The maximum absolute atomic E-state index is 13.0. The van der Waals surface area contributed by atoms with Gasteiger partial charge in [0.05, 0.1) is 18.8 Å². The van der Waals surface area contributed by atoms with E-state index in [4.69, 9.17) is 4.74 Å². The Balaban J connectivity index is 1.10. The summed E-state index contributed by atoms with van der Waals surface area (Å²) in [6.07, 6.45) is 7.86. The van der Waals surface area contributed by atoms with Crippen LogP contribution in [0.2, 0.25) is 0 Å². The third kappa shape index (κ3) is 5.03. The van der Waals surface area contributed by atoms with Gasteiger partial charge in [0.15, 0.2) is 0 Å². The summed E-state index contributed by atoms with van der Waals surface area (Å²) in [5.41, 5.74) is 4.08. The second-order valence-electron chi connectivity index (χ2n) is 9.07. The average Bonchev–Trinajstić information content (AvgIpc) is 3.49. The number of amides is 1. The average molecular weight is 448 g/mol. The van der Waals surface area contributed by atoms with Gasteiger partial charge in [0, 0.05) is 37.7 Å². The van der Waals surface area contributed by atoms with Crippen molar-refractivity contribution in [2.45, 2.75) is 38.8 Å². The van der Waals surface area contributed by atoms with Gasteiger partial charge < -0.3 is 15.0 Å². The summed E-state index contributed by atoms with van der Waals surface area (Å²) >= 11 is 0. The lowest BCUT2D eigenvalue weighted by Gasteiger charge is -2.36. The number of likely N-dealkylation sites (tertiary alicyclic amines) is 1. The molecule has 1 amide bonds. The monoisotopic (exact) mass is 447 g/mol. The molecule has 1 saturated heterocycles. The number of carbonyl (C=O) groups excluding carboxylic acids is 1. The summed E-state index contributed by atoms with van der Waals surface area (Å²) in [6.45, 7) is 4.70. The van der Waals surface area contributed by atoms with E-state index in [0.29, 0.717) is 49.7 Å². The summed E-state index contributed by atoms with van der Waals surface area (Å²) in [7, 11) is 0. The van der Waals surface area contributed by atoms with Gasteiger partial charge in [-0.15, -0.1) is 5.10 Å². The highest BCUT2D eigenvalue weighted by atomic mass is 16.5. The minimum absolute atomic E-state index is 0.0105. The number of aromatic amines is 1. The van der Waals surface area contributed by atoms with Crippen LogP contribution >= 0.6 is 0 Å². The van der Waals surface area contributed by atoms with E-state index in [9.17, 15) is 4.79 Å². The molecule has 9 nitrogen and oxygen atoms in total. The highest BCUT2D eigenvalue weighted by Gasteiger charge is 2.30. The Kier molecular flexibility index (Phi) is 6.30. The van der Waals surface area contributed by atoms with Gasteiger partial charge in [0.2, 0.25) is 5.95 Å². The van der Waals surface area contributed by atoms with Crippen molar-refractivity contribution in [3.8, 4) is 0 Å². The van der Waals surface area contributed by atoms with Crippen LogP contribution in [0.4, 0.5) is 5.95 Å². The molecule has 3 heterocycles. The van der Waals surface area contributed by atoms with Gasteiger partial charge in [-0.2, -0.15) is 0 Å². The van der Waals surface area contributed by atoms with Crippen molar-refractivity contribution >= 4 is 11.9 Å². The van der Waals surface area contributed by atoms with Gasteiger partial charge in [-0.25, -0.2) is 9.97 Å². The molecule has 0 bridgehead atoms. The van der Waals surface area contributed by atoms with Crippen molar-refractivity contribution in [2.75, 3.05) is 25.0 Å². The van der Waals surface area contributed by atoms with E-state index in [2.05, 4.69) is 61.9 Å². The lowest BCUT2D eigenvalue weighted by molar-refractivity contribution is 0.0266. The van der Waals surface area contributed by atoms with Crippen molar-refractivity contribution in [2.24, 2.45) is 11.8 Å². The molecule has 33 heavy (non-hydrogen) atoms. The second kappa shape index (κ2) is 9.66. The molecule has 1 aliphatic carbocycles. The number of benzene rings is 1. The number of piperidine rings is 1. The van der Waals surface area contributed by atoms with Crippen molar-refractivity contribution in [1.29, 1.82) is 0 Å². The van der Waals surface area contributed by atoms with Crippen molar-refractivity contribution in [1.82, 2.24) is 30.3 Å². The summed E-state index contributed by atoms with van der Waals surface area (Å²) in [5.74, 6) is 1.33. The zero-order valence-electron chi connectivity index (χ0n) is 18.8. The first-order valence-corrected chi connectivity index (χ1v) is 11.5. The number of carbonyl (C=O) groups is 1. The third-order valence-electron chi connectivity index (χ3n) is 6.70. The molecule has 5 rings (SSSR count). The summed E-state index contributed by atoms with van der Waals surface area (Å²) in [4.78, 5) is 23.7. The zero-order chi connectivity index (χ0) is 22.6. The second-order valence-corrected chi connectivity index (χ2v) is 9.07. The number of anilines is 1. The van der Waals surface area contributed by atoms with Crippen LogP contribution in [0.15, 0.2) is 42.9 Å². The molecule has 1 fully saturated rings. The summed E-state index contributed by atoms with van der Waals surface area (Å²) < 4.78 is 5.80. The quantitative estimate of drug-likeness (QED) is 0.573. The molecule has 9 heteroatoms. The highest BCUT2D eigenvalue weighted by molar-refractivity contribution is 5.93. The molecule has 1 aromatic carbocycles. The smallest absolute Gasteiger partial charge is 0.257 e. The van der Waals surface area contributed by atoms with Gasteiger partial charge in [-0.05, 0) is 42.2 Å². The van der Waals surface area contributed by atoms with Gasteiger partial charge in [-0.1, -0.05) is 36.4 Å². The largest absolute Gasteiger partial charge is 0.375 e. The standard InChI is InChI=1S/C24H29N7O2/c1-16-13-31(7-6-19(16)14-33-15-22-12-27-30-29-22)23(32)20-10-25-24(26-11-20)28-21-8-17-4-2-3-5-18(17)9-21/h2-5,10-12,16,19,21H,6-9,13-15H2,1H3,(H,25,26,28)(H,27,29,30). The Morgan fingerprint density at radius 3 is 2.64 bits per heavy atom. The van der Waals surface area contributed by atoms with Gasteiger partial charge in [-0.3, -0.25) is 9.89 Å². The van der Waals surface area contributed by atoms with Crippen LogP contribution in [0.5, 0.6) is 0 Å². The fraction of sp³-hybridized carbons (Fsp3) is 0.458. The first-order chi connectivity index (χ1) is 16.2. The van der Waals surface area contributed by atoms with Crippen LogP contribution in [-0.4, -0.2) is 61.9 Å². The molecular formula is C24H29N7O2. The van der Waals surface area contributed by atoms with Crippen molar-refractivity contribution < 1.29 is 9.53 Å². The molecule has 2 N–H and O–H groups in total. The third-order valence-corrected chi connectivity index (χ3v) is 6.70. The Labute approximate surface area is 193 Å². The lowest BCUT2D eigenvalue weighted by atomic mass is 9.87. The van der Waals surface area contributed by atoms with E-state index in [1.165, 1.54) is 11.1 Å². The molecule has 0 radical (unpaired) electrons. The van der Waals surface area contributed by atoms with E-state index in [1.54, 1.807) is 18.6 Å². The SMILES string of the molecule is CC1CN(C(=O)c2cnc(NC3Cc4ccccc4C3)nc2)CCC1COCc1c[nH]nn1. The number of nitrogens with zero attached hydrogens (tertiary/aromatic N) is 5. The Morgan fingerprint density at radius 2 is 1.97 bits per heavy atom. The number of rotatable bonds is 7. The number of H-pyrrole nitrogens is 1. The molecule has 2 aromatic heterocycles. The lowest BCUT2D eigenvalue weighted by Crippen LogP contribution is -2.44. The van der Waals surface area contributed by atoms with E-state index < -0.39 is 0 Å². The molecule has 2 unspecified atom stereocenters. The van der Waals surface area contributed by atoms with Crippen LogP contribution in [0.3, 0.4) is 0 Å². The molecular weight excluding hydrogens is 418 g/mol. The maximum Gasteiger partial charge on any atom is 0.257 e. The van der Waals surface area contributed by atoms with E-state index in [0.717, 1.165) is 25.0 Å². The van der Waals surface area contributed by atoms with Gasteiger partial charge in [0.25, 0.3) is 5.91 Å². The van der Waals surface area contributed by atoms with Crippen LogP contribution < -0.4 is 5.32 Å². The normalized spacial score (nSPS) is 20.6. The van der Waals surface area contributed by atoms with Crippen LogP contribution in [0, 0.1) is 11.8 Å². The number of hydrogen-bond acceptors (Lipinski definition) is 7. The number of hydrogen-bond donors (Lipinski definition) is 2. The van der Waals surface area contributed by atoms with Crippen LogP contribution in [0.25, 0.3) is 0 Å². The number of aromatic nitrogens is 5. The van der Waals surface area contributed by atoms with E-state index in [-0.39, 0.29) is 11.9 Å². The number of ether oxygens (including phenoxy) is 1. The van der Waals surface area contributed by atoms with E-state index in [1.807, 2.05) is 4.90 Å². The molecule has 0 spiro atoms. The Morgan fingerprint density at radius 1 is 1.21 bits per heavy atom. The molecule has 3 aromatic rings. The molecule has 2 atom stereocenters. The molecule has 1 aliphatic heterocycles. The number of nitrogens with one attached hydrogen (secondary N) is 2. The van der Waals surface area contributed by atoms with Crippen molar-refractivity contribution in [3.05, 3.63) is 65.2 Å².